The van der Waals surface area contributed by atoms with Crippen LogP contribution in [0.4, 0.5) is 5.69 Å². The number of piperidine rings is 1. The molecule has 0 radical (unpaired) electrons. The van der Waals surface area contributed by atoms with Gasteiger partial charge in [-0.05, 0) is 56.5 Å². The molecule has 2 unspecified atom stereocenters. The first-order valence-corrected chi connectivity index (χ1v) is 10.6. The lowest BCUT2D eigenvalue weighted by atomic mass is 9.97. The summed E-state index contributed by atoms with van der Waals surface area (Å²) >= 11 is 0. The van der Waals surface area contributed by atoms with Crippen LogP contribution in [0.25, 0.3) is 0 Å². The number of aliphatic hydroxyl groups excluding tert-OH is 1. The Bertz CT molecular complexity index is 731. The second-order valence-electron chi connectivity index (χ2n) is 7.72. The molecule has 2 fully saturated rings. The van der Waals surface area contributed by atoms with E-state index in [9.17, 15) is 19.5 Å². The van der Waals surface area contributed by atoms with Gasteiger partial charge in [0.25, 0.3) is 5.91 Å². The van der Waals surface area contributed by atoms with Crippen molar-refractivity contribution in [2.75, 3.05) is 24.7 Å². The van der Waals surface area contributed by atoms with Gasteiger partial charge in [-0.15, -0.1) is 0 Å². The molecular weight excluding hydrogens is 372 g/mol. The topological polar surface area (TPSA) is 87.2 Å². The Labute approximate surface area is 171 Å². The maximum absolute atomic E-state index is 13.1. The van der Waals surface area contributed by atoms with Crippen LogP contribution in [0.5, 0.6) is 0 Å². The second-order valence-corrected chi connectivity index (χ2v) is 7.72. The molecule has 158 valence electrons. The molecule has 0 aliphatic carbocycles. The van der Waals surface area contributed by atoms with E-state index in [1.54, 1.807) is 24.3 Å². The SMILES string of the molecule is CCCCOC(=O)c1ccc(N2C(=O)CC(N3CCCCC3CCO)C2=O)cc1. The number of nitrogens with zero attached hydrogens (tertiary/aromatic N) is 2. The van der Waals surface area contributed by atoms with Crippen molar-refractivity contribution in [3.8, 4) is 0 Å². The Morgan fingerprint density at radius 2 is 1.97 bits per heavy atom. The van der Waals surface area contributed by atoms with Gasteiger partial charge in [0.05, 0.1) is 30.3 Å². The normalized spacial score (nSPS) is 22.9. The van der Waals surface area contributed by atoms with Crippen LogP contribution in [0.15, 0.2) is 24.3 Å². The third-order valence-corrected chi connectivity index (χ3v) is 5.75. The standard InChI is InChI=1S/C22H30N2O5/c1-2-3-14-29-22(28)16-7-9-18(10-8-16)24-20(26)15-19(21(24)27)23-12-5-4-6-17(23)11-13-25/h7-10,17,19,25H,2-6,11-15H2,1H3. The Balaban J connectivity index is 1.70. The first-order chi connectivity index (χ1) is 14.1. The zero-order valence-corrected chi connectivity index (χ0v) is 17.0. The number of carbonyl (C=O) groups excluding carboxylic acids is 3. The molecule has 2 aliphatic heterocycles. The van der Waals surface area contributed by atoms with E-state index in [2.05, 4.69) is 4.90 Å². The van der Waals surface area contributed by atoms with E-state index in [-0.39, 0.29) is 30.9 Å². The predicted molar refractivity (Wildman–Crippen MR) is 109 cm³/mol. The highest BCUT2D eigenvalue weighted by atomic mass is 16.5. The van der Waals surface area contributed by atoms with Crippen molar-refractivity contribution in [1.29, 1.82) is 0 Å². The summed E-state index contributed by atoms with van der Waals surface area (Å²) in [4.78, 5) is 41.1. The van der Waals surface area contributed by atoms with Gasteiger partial charge in [-0.1, -0.05) is 19.8 Å². The molecule has 2 aliphatic rings. The first kappa shape index (κ1) is 21.5. The number of aliphatic hydroxyl groups is 1. The first-order valence-electron chi connectivity index (χ1n) is 10.6. The van der Waals surface area contributed by atoms with Crippen LogP contribution in [0, 0.1) is 0 Å². The number of carbonyl (C=O) groups is 3. The van der Waals surface area contributed by atoms with E-state index in [1.165, 1.54) is 4.90 Å². The number of likely N-dealkylation sites (tertiary alicyclic amines) is 1. The average Bonchev–Trinajstić information content (AvgIpc) is 3.03. The van der Waals surface area contributed by atoms with Crippen LogP contribution < -0.4 is 4.90 Å². The molecule has 3 rings (SSSR count). The van der Waals surface area contributed by atoms with Crippen molar-refractivity contribution in [3.63, 3.8) is 0 Å². The number of hydrogen-bond donors (Lipinski definition) is 1. The van der Waals surface area contributed by atoms with E-state index in [1.807, 2.05) is 6.92 Å². The van der Waals surface area contributed by atoms with Crippen molar-refractivity contribution >= 4 is 23.5 Å². The molecule has 1 aromatic rings. The van der Waals surface area contributed by atoms with Crippen LogP contribution in [-0.2, 0) is 14.3 Å². The van der Waals surface area contributed by atoms with Crippen LogP contribution in [0.2, 0.25) is 0 Å². The highest BCUT2D eigenvalue weighted by molar-refractivity contribution is 6.22. The predicted octanol–water partition coefficient (Wildman–Crippen LogP) is 2.51. The van der Waals surface area contributed by atoms with Gasteiger partial charge in [0.2, 0.25) is 5.91 Å². The minimum atomic E-state index is -0.474. The molecule has 0 aromatic heterocycles. The molecule has 0 spiro atoms. The van der Waals surface area contributed by atoms with E-state index < -0.39 is 12.0 Å². The number of anilines is 1. The molecule has 2 heterocycles. The van der Waals surface area contributed by atoms with Gasteiger partial charge in [-0.3, -0.25) is 14.5 Å². The molecule has 29 heavy (non-hydrogen) atoms. The van der Waals surface area contributed by atoms with Crippen molar-refractivity contribution in [2.45, 2.75) is 64.0 Å². The van der Waals surface area contributed by atoms with Gasteiger partial charge in [-0.25, -0.2) is 9.69 Å². The minimum Gasteiger partial charge on any atom is -0.462 e. The molecule has 0 bridgehead atoms. The maximum atomic E-state index is 13.1. The maximum Gasteiger partial charge on any atom is 0.338 e. The number of unbranched alkanes of at least 4 members (excludes halogenated alkanes) is 1. The number of hydrogen-bond acceptors (Lipinski definition) is 6. The van der Waals surface area contributed by atoms with E-state index >= 15 is 0 Å². The Morgan fingerprint density at radius 3 is 2.66 bits per heavy atom. The largest absolute Gasteiger partial charge is 0.462 e. The summed E-state index contributed by atoms with van der Waals surface area (Å²) in [5.41, 5.74) is 0.878. The van der Waals surface area contributed by atoms with E-state index in [0.717, 1.165) is 38.6 Å². The minimum absolute atomic E-state index is 0.0789. The van der Waals surface area contributed by atoms with Crippen LogP contribution in [0.3, 0.4) is 0 Å². The van der Waals surface area contributed by atoms with Crippen molar-refractivity contribution < 1.29 is 24.2 Å². The molecule has 7 heteroatoms. The van der Waals surface area contributed by atoms with Gasteiger partial charge < -0.3 is 9.84 Å². The number of esters is 1. The molecule has 2 atom stereocenters. The highest BCUT2D eigenvalue weighted by Crippen LogP contribution is 2.30. The van der Waals surface area contributed by atoms with Gasteiger partial charge >= 0.3 is 5.97 Å². The van der Waals surface area contributed by atoms with Gasteiger partial charge in [0, 0.05) is 12.6 Å². The summed E-state index contributed by atoms with van der Waals surface area (Å²) in [6, 6.07) is 6.08. The lowest BCUT2D eigenvalue weighted by Gasteiger charge is -2.38. The summed E-state index contributed by atoms with van der Waals surface area (Å²) in [5, 5.41) is 9.34. The third kappa shape index (κ3) is 4.85. The summed E-state index contributed by atoms with van der Waals surface area (Å²) in [7, 11) is 0. The Hall–Kier alpha value is -2.25. The fraction of sp³-hybridized carbons (Fsp3) is 0.591. The third-order valence-electron chi connectivity index (χ3n) is 5.75. The molecule has 0 saturated carbocycles. The zero-order valence-electron chi connectivity index (χ0n) is 17.0. The quantitative estimate of drug-likeness (QED) is 0.408. The van der Waals surface area contributed by atoms with Gasteiger partial charge in [-0.2, -0.15) is 0 Å². The number of rotatable bonds is 8. The van der Waals surface area contributed by atoms with Crippen molar-refractivity contribution in [1.82, 2.24) is 4.90 Å². The van der Waals surface area contributed by atoms with Crippen molar-refractivity contribution in [3.05, 3.63) is 29.8 Å². The number of amides is 2. The number of imide groups is 1. The molecule has 1 aromatic carbocycles. The zero-order chi connectivity index (χ0) is 20.8. The Morgan fingerprint density at radius 1 is 1.21 bits per heavy atom. The van der Waals surface area contributed by atoms with Gasteiger partial charge in [0.15, 0.2) is 0 Å². The lowest BCUT2D eigenvalue weighted by molar-refractivity contribution is -0.123. The lowest BCUT2D eigenvalue weighted by Crippen LogP contribution is -2.50. The van der Waals surface area contributed by atoms with Crippen molar-refractivity contribution in [2.24, 2.45) is 0 Å². The fourth-order valence-electron chi connectivity index (χ4n) is 4.18. The molecule has 7 nitrogen and oxygen atoms in total. The summed E-state index contributed by atoms with van der Waals surface area (Å²) in [6.07, 6.45) is 5.55. The van der Waals surface area contributed by atoms with E-state index in [4.69, 9.17) is 4.74 Å². The molecule has 2 saturated heterocycles. The van der Waals surface area contributed by atoms with Crippen LogP contribution >= 0.6 is 0 Å². The summed E-state index contributed by atoms with van der Waals surface area (Å²) in [6.45, 7) is 3.25. The highest BCUT2D eigenvalue weighted by Gasteiger charge is 2.44. The second kappa shape index (κ2) is 9.98. The van der Waals surface area contributed by atoms with E-state index in [0.29, 0.717) is 24.3 Å². The number of benzene rings is 1. The summed E-state index contributed by atoms with van der Waals surface area (Å²) < 4.78 is 5.19. The van der Waals surface area contributed by atoms with Crippen LogP contribution in [-0.4, -0.2) is 59.6 Å². The monoisotopic (exact) mass is 402 g/mol. The smallest absolute Gasteiger partial charge is 0.338 e. The molecule has 2 amide bonds. The average molecular weight is 402 g/mol. The Kier molecular flexibility index (Phi) is 7.39. The van der Waals surface area contributed by atoms with Crippen LogP contribution in [0.1, 0.15) is 62.2 Å². The molecular formula is C22H30N2O5. The van der Waals surface area contributed by atoms with Gasteiger partial charge in [0.1, 0.15) is 0 Å². The number of ether oxygens (including phenoxy) is 1. The molecule has 1 N–H and O–H groups in total. The summed E-state index contributed by atoms with van der Waals surface area (Å²) in [5.74, 6) is -0.855. The fourth-order valence-corrected chi connectivity index (χ4v) is 4.18.